The van der Waals surface area contributed by atoms with Crippen LogP contribution in [0.2, 0.25) is 0 Å². The quantitative estimate of drug-likeness (QED) is 0.653. The second-order valence-corrected chi connectivity index (χ2v) is 4.09. The lowest BCUT2D eigenvalue weighted by atomic mass is 9.96. The monoisotopic (exact) mass is 214 g/mol. The summed E-state index contributed by atoms with van der Waals surface area (Å²) in [7, 11) is 0. The molecule has 6 heteroatoms. The molecule has 1 rings (SSSR count). The average Bonchev–Trinajstić information content (AvgIpc) is 2.43. The number of carboxylic acids is 1. The molecule has 0 atom stereocenters. The first-order chi connectivity index (χ1) is 6.84. The fraction of sp³-hybridized carbons (Fsp3) is 0.667. The predicted molar refractivity (Wildman–Crippen MR) is 51.2 cm³/mol. The highest BCUT2D eigenvalue weighted by molar-refractivity contribution is 6.02. The normalized spacial score (nSPS) is 16.8. The average molecular weight is 214 g/mol. The van der Waals surface area contributed by atoms with E-state index in [0.717, 1.165) is 4.90 Å². The summed E-state index contributed by atoms with van der Waals surface area (Å²) in [5, 5.41) is 11.0. The zero-order valence-electron chi connectivity index (χ0n) is 8.74. The standard InChI is InChI=1S/C9H14N2O4/c1-9(2,4-3-7(13)14)11-6(12)5-10-8(11)15/h3-5H2,1-2H3,(H,10,15)(H,13,14). The number of rotatable bonds is 4. The van der Waals surface area contributed by atoms with Gasteiger partial charge in [-0.2, -0.15) is 0 Å². The Morgan fingerprint density at radius 2 is 2.13 bits per heavy atom. The first kappa shape index (κ1) is 11.5. The van der Waals surface area contributed by atoms with Gasteiger partial charge in [0.2, 0.25) is 0 Å². The Hall–Kier alpha value is -1.59. The number of hydrogen-bond acceptors (Lipinski definition) is 3. The van der Waals surface area contributed by atoms with Crippen LogP contribution in [0.15, 0.2) is 0 Å². The third-order valence-corrected chi connectivity index (χ3v) is 2.40. The summed E-state index contributed by atoms with van der Waals surface area (Å²) in [5.41, 5.74) is -0.754. The molecule has 0 saturated carbocycles. The fourth-order valence-corrected chi connectivity index (χ4v) is 1.56. The molecule has 1 heterocycles. The van der Waals surface area contributed by atoms with Crippen molar-refractivity contribution in [2.45, 2.75) is 32.2 Å². The highest BCUT2D eigenvalue weighted by Crippen LogP contribution is 2.23. The summed E-state index contributed by atoms with van der Waals surface area (Å²) in [4.78, 5) is 34.2. The van der Waals surface area contributed by atoms with Crippen LogP contribution in [0, 0.1) is 0 Å². The molecule has 2 N–H and O–H groups in total. The Labute approximate surface area is 87.2 Å². The highest BCUT2D eigenvalue weighted by atomic mass is 16.4. The Morgan fingerprint density at radius 1 is 1.53 bits per heavy atom. The molecule has 0 aliphatic carbocycles. The van der Waals surface area contributed by atoms with E-state index in [-0.39, 0.29) is 25.3 Å². The fourth-order valence-electron chi connectivity index (χ4n) is 1.56. The van der Waals surface area contributed by atoms with Crippen LogP contribution < -0.4 is 5.32 Å². The van der Waals surface area contributed by atoms with Crippen molar-refractivity contribution in [3.8, 4) is 0 Å². The largest absolute Gasteiger partial charge is 0.481 e. The zero-order chi connectivity index (χ0) is 11.6. The van der Waals surface area contributed by atoms with Crippen molar-refractivity contribution in [2.24, 2.45) is 0 Å². The molecule has 1 aliphatic rings. The van der Waals surface area contributed by atoms with Gasteiger partial charge in [0.25, 0.3) is 5.91 Å². The number of urea groups is 1. The van der Waals surface area contributed by atoms with E-state index in [1.165, 1.54) is 0 Å². The Balaban J connectivity index is 2.71. The van der Waals surface area contributed by atoms with E-state index < -0.39 is 17.5 Å². The van der Waals surface area contributed by atoms with Gasteiger partial charge >= 0.3 is 12.0 Å². The van der Waals surface area contributed by atoms with E-state index in [2.05, 4.69) is 5.32 Å². The van der Waals surface area contributed by atoms with Gasteiger partial charge in [0.1, 0.15) is 0 Å². The minimum absolute atomic E-state index is 0.00463. The number of aliphatic carboxylic acids is 1. The second kappa shape index (κ2) is 3.88. The van der Waals surface area contributed by atoms with Gasteiger partial charge in [0.05, 0.1) is 6.54 Å². The maximum atomic E-state index is 11.4. The van der Waals surface area contributed by atoms with Crippen molar-refractivity contribution in [1.29, 1.82) is 0 Å². The van der Waals surface area contributed by atoms with E-state index in [1.807, 2.05) is 0 Å². The topological polar surface area (TPSA) is 86.7 Å². The minimum atomic E-state index is -0.935. The lowest BCUT2D eigenvalue weighted by Gasteiger charge is -2.32. The molecule has 0 aromatic carbocycles. The lowest BCUT2D eigenvalue weighted by molar-refractivity contribution is -0.138. The van der Waals surface area contributed by atoms with E-state index in [4.69, 9.17) is 5.11 Å². The molecule has 1 aliphatic heterocycles. The highest BCUT2D eigenvalue weighted by Gasteiger charge is 2.40. The maximum absolute atomic E-state index is 11.4. The third-order valence-electron chi connectivity index (χ3n) is 2.40. The van der Waals surface area contributed by atoms with Crippen LogP contribution in [0.1, 0.15) is 26.7 Å². The lowest BCUT2D eigenvalue weighted by Crippen LogP contribution is -2.48. The number of nitrogens with one attached hydrogen (secondary N) is 1. The van der Waals surface area contributed by atoms with Crippen LogP contribution in [0.3, 0.4) is 0 Å². The predicted octanol–water partition coefficient (Wildman–Crippen LogP) is 0.182. The number of imide groups is 1. The van der Waals surface area contributed by atoms with E-state index >= 15 is 0 Å². The molecule has 1 fully saturated rings. The minimum Gasteiger partial charge on any atom is -0.481 e. The van der Waals surface area contributed by atoms with Crippen molar-refractivity contribution in [3.63, 3.8) is 0 Å². The molecule has 0 bridgehead atoms. The van der Waals surface area contributed by atoms with Gasteiger partial charge in [-0.1, -0.05) is 0 Å². The number of carbonyl (C=O) groups is 3. The molecule has 0 radical (unpaired) electrons. The Morgan fingerprint density at radius 3 is 2.53 bits per heavy atom. The van der Waals surface area contributed by atoms with Crippen LogP contribution in [-0.2, 0) is 9.59 Å². The summed E-state index contributed by atoms with van der Waals surface area (Å²) in [5.74, 6) is -1.24. The van der Waals surface area contributed by atoms with Gasteiger partial charge in [-0.25, -0.2) is 4.79 Å². The molecule has 3 amide bonds. The first-order valence-electron chi connectivity index (χ1n) is 4.67. The van der Waals surface area contributed by atoms with Gasteiger partial charge in [0.15, 0.2) is 0 Å². The molecule has 1 saturated heterocycles. The smallest absolute Gasteiger partial charge is 0.325 e. The van der Waals surface area contributed by atoms with E-state index in [1.54, 1.807) is 13.8 Å². The first-order valence-corrected chi connectivity index (χ1v) is 4.67. The second-order valence-electron chi connectivity index (χ2n) is 4.09. The van der Waals surface area contributed by atoms with Crippen molar-refractivity contribution in [3.05, 3.63) is 0 Å². The molecule has 0 unspecified atom stereocenters. The SMILES string of the molecule is CC(C)(CCC(=O)O)N1C(=O)CNC1=O. The summed E-state index contributed by atoms with van der Waals surface area (Å²) in [6.07, 6.45) is 0.186. The van der Waals surface area contributed by atoms with Crippen LogP contribution in [0.25, 0.3) is 0 Å². The van der Waals surface area contributed by atoms with Crippen molar-refractivity contribution < 1.29 is 19.5 Å². The maximum Gasteiger partial charge on any atom is 0.325 e. The van der Waals surface area contributed by atoms with Crippen LogP contribution in [0.5, 0.6) is 0 Å². The molecular weight excluding hydrogens is 200 g/mol. The third kappa shape index (κ3) is 2.45. The molecule has 84 valence electrons. The molecular formula is C9H14N2O4. The van der Waals surface area contributed by atoms with Gasteiger partial charge in [-0.05, 0) is 20.3 Å². The van der Waals surface area contributed by atoms with Crippen molar-refractivity contribution >= 4 is 17.9 Å². The molecule has 0 aromatic rings. The zero-order valence-corrected chi connectivity index (χ0v) is 8.74. The summed E-state index contributed by atoms with van der Waals surface area (Å²) >= 11 is 0. The molecule has 15 heavy (non-hydrogen) atoms. The van der Waals surface area contributed by atoms with E-state index in [9.17, 15) is 14.4 Å². The van der Waals surface area contributed by atoms with Gasteiger partial charge < -0.3 is 10.4 Å². The van der Waals surface area contributed by atoms with Gasteiger partial charge in [0, 0.05) is 12.0 Å². The van der Waals surface area contributed by atoms with Crippen molar-refractivity contribution in [1.82, 2.24) is 10.2 Å². The van der Waals surface area contributed by atoms with Crippen LogP contribution in [-0.4, -0.2) is 40.0 Å². The Kier molecular flexibility index (Phi) is 2.97. The summed E-state index contributed by atoms with van der Waals surface area (Å²) in [6, 6.07) is -0.449. The van der Waals surface area contributed by atoms with Gasteiger partial charge in [-0.3, -0.25) is 14.5 Å². The number of carboxylic acid groups (broad SMARTS) is 1. The van der Waals surface area contributed by atoms with Crippen LogP contribution >= 0.6 is 0 Å². The van der Waals surface area contributed by atoms with E-state index in [0.29, 0.717) is 0 Å². The van der Waals surface area contributed by atoms with Gasteiger partial charge in [-0.15, -0.1) is 0 Å². The number of hydrogen-bond donors (Lipinski definition) is 2. The summed E-state index contributed by atoms with van der Waals surface area (Å²) < 4.78 is 0. The number of amides is 3. The molecule has 0 spiro atoms. The summed E-state index contributed by atoms with van der Waals surface area (Å²) in [6.45, 7) is 3.35. The van der Waals surface area contributed by atoms with Crippen molar-refractivity contribution in [2.75, 3.05) is 6.54 Å². The molecule has 6 nitrogen and oxygen atoms in total. The number of carbonyl (C=O) groups excluding carboxylic acids is 2. The Bertz CT molecular complexity index is 295. The van der Waals surface area contributed by atoms with Crippen LogP contribution in [0.4, 0.5) is 4.79 Å². The number of nitrogens with zero attached hydrogens (tertiary/aromatic N) is 1. The molecule has 0 aromatic heterocycles.